The minimum atomic E-state index is 0.00828. The SMILES string of the molecule is Cc1ccsc1C(=O)N(CCO)C(C)C. The molecule has 0 saturated heterocycles. The fourth-order valence-corrected chi connectivity index (χ4v) is 2.30. The summed E-state index contributed by atoms with van der Waals surface area (Å²) in [4.78, 5) is 14.6. The van der Waals surface area contributed by atoms with Gasteiger partial charge in [-0.05, 0) is 37.8 Å². The lowest BCUT2D eigenvalue weighted by molar-refractivity contribution is 0.0669. The number of aliphatic hydroxyl groups excluding tert-OH is 1. The molecular weight excluding hydrogens is 210 g/mol. The second kappa shape index (κ2) is 5.28. The highest BCUT2D eigenvalue weighted by atomic mass is 32.1. The lowest BCUT2D eigenvalue weighted by atomic mass is 10.2. The van der Waals surface area contributed by atoms with Crippen LogP contribution in [0.5, 0.6) is 0 Å². The Labute approximate surface area is 94.3 Å². The van der Waals surface area contributed by atoms with Gasteiger partial charge in [-0.1, -0.05) is 0 Å². The molecule has 1 heterocycles. The first-order valence-corrected chi connectivity index (χ1v) is 5.91. The lowest BCUT2D eigenvalue weighted by Gasteiger charge is -2.25. The maximum atomic E-state index is 12.1. The summed E-state index contributed by atoms with van der Waals surface area (Å²) in [5.74, 6) is 0.0200. The van der Waals surface area contributed by atoms with Crippen molar-refractivity contribution in [3.05, 3.63) is 21.9 Å². The van der Waals surface area contributed by atoms with E-state index in [4.69, 9.17) is 5.11 Å². The normalized spacial score (nSPS) is 10.7. The molecule has 0 spiro atoms. The monoisotopic (exact) mass is 227 g/mol. The van der Waals surface area contributed by atoms with Crippen molar-refractivity contribution in [1.82, 2.24) is 4.90 Å². The molecule has 4 heteroatoms. The smallest absolute Gasteiger partial charge is 0.264 e. The van der Waals surface area contributed by atoms with Crippen LogP contribution < -0.4 is 0 Å². The van der Waals surface area contributed by atoms with E-state index < -0.39 is 0 Å². The minimum Gasteiger partial charge on any atom is -0.395 e. The van der Waals surface area contributed by atoms with Gasteiger partial charge in [0.1, 0.15) is 0 Å². The molecule has 0 aliphatic rings. The molecule has 0 aliphatic heterocycles. The van der Waals surface area contributed by atoms with Crippen LogP contribution in [0.15, 0.2) is 11.4 Å². The van der Waals surface area contributed by atoms with E-state index in [1.54, 1.807) is 4.90 Å². The fraction of sp³-hybridized carbons (Fsp3) is 0.545. The molecule has 0 bridgehead atoms. The Morgan fingerprint density at radius 3 is 2.67 bits per heavy atom. The first-order valence-electron chi connectivity index (χ1n) is 5.03. The highest BCUT2D eigenvalue weighted by Gasteiger charge is 2.20. The molecule has 0 aromatic carbocycles. The summed E-state index contributed by atoms with van der Waals surface area (Å²) in [5, 5.41) is 10.8. The largest absolute Gasteiger partial charge is 0.395 e. The van der Waals surface area contributed by atoms with Crippen LogP contribution in [0.3, 0.4) is 0 Å². The molecule has 0 unspecified atom stereocenters. The Morgan fingerprint density at radius 2 is 2.27 bits per heavy atom. The number of rotatable bonds is 4. The third kappa shape index (κ3) is 2.79. The zero-order chi connectivity index (χ0) is 11.4. The maximum Gasteiger partial charge on any atom is 0.264 e. The summed E-state index contributed by atoms with van der Waals surface area (Å²) in [6.45, 7) is 6.25. The topological polar surface area (TPSA) is 40.5 Å². The van der Waals surface area contributed by atoms with Gasteiger partial charge < -0.3 is 10.0 Å². The van der Waals surface area contributed by atoms with Gasteiger partial charge in [-0.2, -0.15) is 0 Å². The molecule has 1 rings (SSSR count). The fourth-order valence-electron chi connectivity index (χ4n) is 1.42. The molecule has 3 nitrogen and oxygen atoms in total. The molecule has 0 aliphatic carbocycles. The Balaban J connectivity index is 2.86. The first-order chi connectivity index (χ1) is 7.07. The van der Waals surface area contributed by atoms with Crippen LogP contribution >= 0.6 is 11.3 Å². The molecule has 1 aromatic rings. The Morgan fingerprint density at radius 1 is 1.60 bits per heavy atom. The summed E-state index contributed by atoms with van der Waals surface area (Å²) in [5.41, 5.74) is 1.01. The summed E-state index contributed by atoms with van der Waals surface area (Å²) in [6.07, 6.45) is 0. The Bertz CT molecular complexity index is 333. The van der Waals surface area contributed by atoms with Crippen molar-refractivity contribution >= 4 is 17.2 Å². The van der Waals surface area contributed by atoms with Gasteiger partial charge >= 0.3 is 0 Å². The predicted octanol–water partition coefficient (Wildman–Crippen LogP) is 1.90. The minimum absolute atomic E-state index is 0.00828. The molecule has 0 fully saturated rings. The zero-order valence-electron chi connectivity index (χ0n) is 9.36. The zero-order valence-corrected chi connectivity index (χ0v) is 10.2. The number of carbonyl (C=O) groups is 1. The second-order valence-corrected chi connectivity index (χ2v) is 4.66. The third-order valence-corrected chi connectivity index (χ3v) is 3.29. The number of carbonyl (C=O) groups excluding carboxylic acids is 1. The molecule has 1 N–H and O–H groups in total. The molecule has 15 heavy (non-hydrogen) atoms. The molecule has 1 amide bonds. The van der Waals surface area contributed by atoms with Crippen molar-refractivity contribution in [3.8, 4) is 0 Å². The molecule has 0 radical (unpaired) electrons. The van der Waals surface area contributed by atoms with Gasteiger partial charge in [0.25, 0.3) is 5.91 Å². The molecule has 0 atom stereocenters. The average molecular weight is 227 g/mol. The van der Waals surface area contributed by atoms with Crippen LogP contribution in [-0.4, -0.2) is 35.1 Å². The van der Waals surface area contributed by atoms with E-state index in [0.717, 1.165) is 10.4 Å². The van der Waals surface area contributed by atoms with Crippen LogP contribution in [0.4, 0.5) is 0 Å². The number of aryl methyl sites for hydroxylation is 1. The van der Waals surface area contributed by atoms with Crippen molar-refractivity contribution < 1.29 is 9.90 Å². The van der Waals surface area contributed by atoms with Crippen molar-refractivity contribution in [1.29, 1.82) is 0 Å². The molecule has 84 valence electrons. The number of hydrogen-bond donors (Lipinski definition) is 1. The summed E-state index contributed by atoms with van der Waals surface area (Å²) < 4.78 is 0. The Kier molecular flexibility index (Phi) is 4.29. The van der Waals surface area contributed by atoms with Crippen LogP contribution in [-0.2, 0) is 0 Å². The van der Waals surface area contributed by atoms with E-state index in [1.165, 1.54) is 11.3 Å². The van der Waals surface area contributed by atoms with E-state index in [2.05, 4.69) is 0 Å². The van der Waals surface area contributed by atoms with Gasteiger partial charge in [-0.3, -0.25) is 4.79 Å². The molecule has 0 saturated carbocycles. The Hall–Kier alpha value is -0.870. The van der Waals surface area contributed by atoms with E-state index in [-0.39, 0.29) is 18.6 Å². The molecular formula is C11H17NO2S. The predicted molar refractivity (Wildman–Crippen MR) is 62.3 cm³/mol. The number of nitrogens with zero attached hydrogens (tertiary/aromatic N) is 1. The third-order valence-electron chi connectivity index (χ3n) is 2.28. The lowest BCUT2D eigenvalue weighted by Crippen LogP contribution is -2.38. The van der Waals surface area contributed by atoms with E-state index in [0.29, 0.717) is 6.54 Å². The number of hydrogen-bond acceptors (Lipinski definition) is 3. The highest BCUT2D eigenvalue weighted by Crippen LogP contribution is 2.18. The number of amides is 1. The van der Waals surface area contributed by atoms with Gasteiger partial charge in [0.05, 0.1) is 11.5 Å². The van der Waals surface area contributed by atoms with Gasteiger partial charge in [0.15, 0.2) is 0 Å². The maximum absolute atomic E-state index is 12.1. The van der Waals surface area contributed by atoms with Crippen molar-refractivity contribution in [2.45, 2.75) is 26.8 Å². The van der Waals surface area contributed by atoms with Gasteiger partial charge in [0, 0.05) is 12.6 Å². The van der Waals surface area contributed by atoms with E-state index in [1.807, 2.05) is 32.2 Å². The van der Waals surface area contributed by atoms with Crippen molar-refractivity contribution in [3.63, 3.8) is 0 Å². The van der Waals surface area contributed by atoms with Crippen molar-refractivity contribution in [2.24, 2.45) is 0 Å². The average Bonchev–Trinajstić information content (AvgIpc) is 2.59. The van der Waals surface area contributed by atoms with Crippen LogP contribution in [0.25, 0.3) is 0 Å². The summed E-state index contributed by atoms with van der Waals surface area (Å²) in [7, 11) is 0. The van der Waals surface area contributed by atoms with Gasteiger partial charge in [-0.15, -0.1) is 11.3 Å². The van der Waals surface area contributed by atoms with E-state index >= 15 is 0 Å². The van der Waals surface area contributed by atoms with Crippen LogP contribution in [0.1, 0.15) is 29.1 Å². The quantitative estimate of drug-likeness (QED) is 0.853. The summed E-state index contributed by atoms with van der Waals surface area (Å²) in [6, 6.07) is 2.06. The highest BCUT2D eigenvalue weighted by molar-refractivity contribution is 7.12. The van der Waals surface area contributed by atoms with E-state index in [9.17, 15) is 4.79 Å². The van der Waals surface area contributed by atoms with Gasteiger partial charge in [0.2, 0.25) is 0 Å². The van der Waals surface area contributed by atoms with Gasteiger partial charge in [-0.25, -0.2) is 0 Å². The second-order valence-electron chi connectivity index (χ2n) is 3.75. The van der Waals surface area contributed by atoms with Crippen LogP contribution in [0.2, 0.25) is 0 Å². The van der Waals surface area contributed by atoms with Crippen LogP contribution in [0, 0.1) is 6.92 Å². The first kappa shape index (κ1) is 12.2. The standard InChI is InChI=1S/C11H17NO2S/c1-8(2)12(5-6-13)11(14)10-9(3)4-7-15-10/h4,7-8,13H,5-6H2,1-3H3. The summed E-state index contributed by atoms with van der Waals surface area (Å²) >= 11 is 1.46. The molecule has 1 aromatic heterocycles. The van der Waals surface area contributed by atoms with Crippen molar-refractivity contribution in [2.75, 3.05) is 13.2 Å². The number of thiophene rings is 1. The number of aliphatic hydroxyl groups is 1.